The van der Waals surface area contributed by atoms with Crippen molar-refractivity contribution in [1.82, 2.24) is 0 Å². The van der Waals surface area contributed by atoms with Crippen LogP contribution in [0.2, 0.25) is 0 Å². The molecule has 1 unspecified atom stereocenters. The van der Waals surface area contributed by atoms with Crippen molar-refractivity contribution in [3.05, 3.63) is 57.8 Å². The molecule has 2 aromatic carbocycles. The maximum Gasteiger partial charge on any atom is 0.144 e. The van der Waals surface area contributed by atoms with Crippen LogP contribution in [0.25, 0.3) is 0 Å². The summed E-state index contributed by atoms with van der Waals surface area (Å²) in [5, 5.41) is 0. The molecule has 20 heavy (non-hydrogen) atoms. The second-order valence-electron chi connectivity index (χ2n) is 4.97. The zero-order chi connectivity index (χ0) is 14.7. The van der Waals surface area contributed by atoms with Crippen LogP contribution in [0, 0.1) is 12.7 Å². The van der Waals surface area contributed by atoms with Crippen LogP contribution in [-0.2, 0) is 6.42 Å². The summed E-state index contributed by atoms with van der Waals surface area (Å²) in [5.41, 5.74) is 8.03. The molecule has 0 saturated heterocycles. The van der Waals surface area contributed by atoms with Gasteiger partial charge in [0.25, 0.3) is 0 Å². The largest absolute Gasteiger partial charge is 0.456 e. The third kappa shape index (κ3) is 3.81. The monoisotopic (exact) mass is 337 g/mol. The molecule has 2 rings (SSSR count). The molecule has 0 amide bonds. The van der Waals surface area contributed by atoms with E-state index in [-0.39, 0.29) is 11.9 Å². The molecule has 1 atom stereocenters. The highest BCUT2D eigenvalue weighted by Crippen LogP contribution is 2.32. The topological polar surface area (TPSA) is 35.2 Å². The molecule has 0 aliphatic heterocycles. The third-order valence-electron chi connectivity index (χ3n) is 2.87. The van der Waals surface area contributed by atoms with E-state index in [0.29, 0.717) is 22.4 Å². The van der Waals surface area contributed by atoms with Gasteiger partial charge in [-0.3, -0.25) is 0 Å². The Labute approximate surface area is 126 Å². The first kappa shape index (κ1) is 15.0. The highest BCUT2D eigenvalue weighted by atomic mass is 79.9. The molecule has 4 heteroatoms. The fraction of sp³-hybridized carbons (Fsp3) is 0.250. The minimum Gasteiger partial charge on any atom is -0.456 e. The molecular formula is C16H17BrFNO. The van der Waals surface area contributed by atoms with Crippen LogP contribution in [0.15, 0.2) is 40.9 Å². The average Bonchev–Trinajstić information content (AvgIpc) is 2.36. The van der Waals surface area contributed by atoms with Crippen LogP contribution >= 0.6 is 15.9 Å². The highest BCUT2D eigenvalue weighted by Gasteiger charge is 2.10. The minimum absolute atomic E-state index is 0.0371. The van der Waals surface area contributed by atoms with Gasteiger partial charge in [-0.15, -0.1) is 0 Å². The van der Waals surface area contributed by atoms with Gasteiger partial charge < -0.3 is 10.5 Å². The Morgan fingerprint density at radius 2 is 1.95 bits per heavy atom. The summed E-state index contributed by atoms with van der Waals surface area (Å²) in [6.45, 7) is 3.97. The summed E-state index contributed by atoms with van der Waals surface area (Å²) in [6.07, 6.45) is 0.712. The Bertz CT molecular complexity index is 613. The minimum atomic E-state index is -0.330. The Morgan fingerprint density at radius 1 is 1.20 bits per heavy atom. The smallest absolute Gasteiger partial charge is 0.144 e. The number of nitrogens with two attached hydrogens (primary N) is 1. The first-order chi connectivity index (χ1) is 9.45. The lowest BCUT2D eigenvalue weighted by molar-refractivity contribution is 0.465. The molecular weight excluding hydrogens is 321 g/mol. The molecule has 0 bridgehead atoms. The van der Waals surface area contributed by atoms with Gasteiger partial charge in [-0.25, -0.2) is 4.39 Å². The molecule has 0 fully saturated rings. The summed E-state index contributed by atoms with van der Waals surface area (Å²) in [5.74, 6) is 0.836. The summed E-state index contributed by atoms with van der Waals surface area (Å²) >= 11 is 3.36. The lowest BCUT2D eigenvalue weighted by Gasteiger charge is -2.14. The van der Waals surface area contributed by atoms with E-state index in [1.54, 1.807) is 6.07 Å². The van der Waals surface area contributed by atoms with Crippen molar-refractivity contribution < 1.29 is 9.13 Å². The average molecular weight is 338 g/mol. The van der Waals surface area contributed by atoms with Gasteiger partial charge in [-0.05, 0) is 60.0 Å². The number of hydrogen-bond acceptors (Lipinski definition) is 2. The summed E-state index contributed by atoms with van der Waals surface area (Å²) in [4.78, 5) is 0. The lowest BCUT2D eigenvalue weighted by Crippen LogP contribution is -2.18. The maximum atomic E-state index is 13.3. The molecule has 2 N–H and O–H groups in total. The first-order valence-corrected chi connectivity index (χ1v) is 7.23. The molecule has 0 radical (unpaired) electrons. The van der Waals surface area contributed by atoms with E-state index in [1.807, 2.05) is 32.0 Å². The first-order valence-electron chi connectivity index (χ1n) is 6.43. The highest BCUT2D eigenvalue weighted by molar-refractivity contribution is 9.10. The zero-order valence-corrected chi connectivity index (χ0v) is 13.1. The maximum absolute atomic E-state index is 13.3. The van der Waals surface area contributed by atoms with Crippen molar-refractivity contribution in [3.8, 4) is 11.5 Å². The van der Waals surface area contributed by atoms with Gasteiger partial charge in [0.05, 0.1) is 4.47 Å². The van der Waals surface area contributed by atoms with E-state index in [9.17, 15) is 4.39 Å². The summed E-state index contributed by atoms with van der Waals surface area (Å²) < 4.78 is 19.9. The number of ether oxygens (including phenoxy) is 1. The number of aryl methyl sites for hydroxylation is 1. The quantitative estimate of drug-likeness (QED) is 0.886. The van der Waals surface area contributed by atoms with Crippen LogP contribution in [0.5, 0.6) is 11.5 Å². The number of rotatable bonds is 4. The summed E-state index contributed by atoms with van der Waals surface area (Å²) in [6, 6.07) is 10.3. The van der Waals surface area contributed by atoms with Crippen LogP contribution in [0.3, 0.4) is 0 Å². The zero-order valence-electron chi connectivity index (χ0n) is 11.5. The van der Waals surface area contributed by atoms with Crippen molar-refractivity contribution in [1.29, 1.82) is 0 Å². The van der Waals surface area contributed by atoms with E-state index in [2.05, 4.69) is 15.9 Å². The van der Waals surface area contributed by atoms with Crippen molar-refractivity contribution in [2.45, 2.75) is 26.3 Å². The normalized spacial score (nSPS) is 12.2. The van der Waals surface area contributed by atoms with E-state index >= 15 is 0 Å². The van der Waals surface area contributed by atoms with Gasteiger partial charge in [0.2, 0.25) is 0 Å². The molecule has 0 aromatic heterocycles. The Balaban J connectivity index is 2.35. The Kier molecular flexibility index (Phi) is 4.78. The molecule has 0 heterocycles. The van der Waals surface area contributed by atoms with Crippen LogP contribution < -0.4 is 10.5 Å². The molecule has 2 nitrogen and oxygen atoms in total. The fourth-order valence-electron chi connectivity index (χ4n) is 1.99. The molecule has 0 aliphatic carbocycles. The predicted octanol–water partition coefficient (Wildman–Crippen LogP) is 4.58. The molecule has 2 aromatic rings. The SMILES string of the molecule is Cc1ccc(Oc2cc(F)ccc2Br)c(CC(C)N)c1. The second-order valence-corrected chi connectivity index (χ2v) is 5.82. The summed E-state index contributed by atoms with van der Waals surface area (Å²) in [7, 11) is 0. The van der Waals surface area contributed by atoms with Gasteiger partial charge in [-0.1, -0.05) is 17.7 Å². The van der Waals surface area contributed by atoms with Gasteiger partial charge in [0, 0.05) is 12.1 Å². The molecule has 106 valence electrons. The van der Waals surface area contributed by atoms with Gasteiger partial charge in [0.1, 0.15) is 17.3 Å². The van der Waals surface area contributed by atoms with Crippen LogP contribution in [0.1, 0.15) is 18.1 Å². The van der Waals surface area contributed by atoms with Gasteiger partial charge in [0.15, 0.2) is 0 Å². The second kappa shape index (κ2) is 6.37. The van der Waals surface area contributed by atoms with Gasteiger partial charge >= 0.3 is 0 Å². The Hall–Kier alpha value is -1.39. The van der Waals surface area contributed by atoms with Crippen molar-refractivity contribution in [2.24, 2.45) is 5.73 Å². The van der Waals surface area contributed by atoms with E-state index < -0.39 is 0 Å². The van der Waals surface area contributed by atoms with Crippen LogP contribution in [0.4, 0.5) is 4.39 Å². The lowest BCUT2D eigenvalue weighted by atomic mass is 10.0. The number of halogens is 2. The number of hydrogen-bond donors (Lipinski definition) is 1. The van der Waals surface area contributed by atoms with Gasteiger partial charge in [-0.2, -0.15) is 0 Å². The molecule has 0 spiro atoms. The third-order valence-corrected chi connectivity index (χ3v) is 3.53. The number of benzene rings is 2. The predicted molar refractivity (Wildman–Crippen MR) is 82.7 cm³/mol. The van der Waals surface area contributed by atoms with Crippen LogP contribution in [-0.4, -0.2) is 6.04 Å². The van der Waals surface area contributed by atoms with E-state index in [4.69, 9.17) is 10.5 Å². The van der Waals surface area contributed by atoms with E-state index in [1.165, 1.54) is 12.1 Å². The molecule has 0 saturated carbocycles. The van der Waals surface area contributed by atoms with Crippen molar-refractivity contribution in [2.75, 3.05) is 0 Å². The van der Waals surface area contributed by atoms with Crippen molar-refractivity contribution in [3.63, 3.8) is 0 Å². The fourth-order valence-corrected chi connectivity index (χ4v) is 2.32. The molecule has 0 aliphatic rings. The van der Waals surface area contributed by atoms with Crippen molar-refractivity contribution >= 4 is 15.9 Å². The standard InChI is InChI=1S/C16H17BrFNO/c1-10-3-6-15(12(7-10)8-11(2)19)20-16-9-13(18)4-5-14(16)17/h3-7,9,11H,8,19H2,1-2H3. The Morgan fingerprint density at radius 3 is 2.65 bits per heavy atom. The van der Waals surface area contributed by atoms with E-state index in [0.717, 1.165) is 11.1 Å².